The van der Waals surface area contributed by atoms with Crippen LogP contribution in [-0.2, 0) is 0 Å². The summed E-state index contributed by atoms with van der Waals surface area (Å²) in [5, 5.41) is 0. The lowest BCUT2D eigenvalue weighted by Crippen LogP contribution is -3.00. The fourth-order valence-corrected chi connectivity index (χ4v) is 3.60. The molecule has 0 aliphatic carbocycles. The molecule has 1 aromatic heterocycles. The number of nitrogens with zero attached hydrogens (tertiary/aromatic N) is 1. The fraction of sp³-hybridized carbons (Fsp3) is 0.783. The number of unbranched alkanes of at least 4 members (excludes halogenated alkanes) is 11. The molecule has 1 aromatic rings. The Kier molecular flexibility index (Phi) is 17.8. The lowest BCUT2D eigenvalue weighted by atomic mass is 9.99. The minimum Gasteiger partial charge on any atom is -1.00 e. The van der Waals surface area contributed by atoms with Gasteiger partial charge in [0.15, 0.2) is 18.4 Å². The molecule has 146 valence electrons. The quantitative estimate of drug-likeness (QED) is 0.301. The van der Waals surface area contributed by atoms with E-state index in [1.54, 1.807) is 0 Å². The molecule has 1 unspecified atom stereocenters. The van der Waals surface area contributed by atoms with Gasteiger partial charge in [-0.2, -0.15) is 0 Å². The largest absolute Gasteiger partial charge is 1.00 e. The lowest BCUT2D eigenvalue weighted by Gasteiger charge is -2.12. The first-order chi connectivity index (χ1) is 11.9. The Morgan fingerprint density at radius 1 is 0.560 bits per heavy atom. The molecule has 0 spiro atoms. The summed E-state index contributed by atoms with van der Waals surface area (Å²) in [4.78, 5) is 0. The van der Waals surface area contributed by atoms with Crippen molar-refractivity contribution in [3.63, 3.8) is 0 Å². The maximum absolute atomic E-state index is 2.46. The summed E-state index contributed by atoms with van der Waals surface area (Å²) < 4.78 is 2.46. The Labute approximate surface area is 164 Å². The van der Waals surface area contributed by atoms with E-state index >= 15 is 0 Å². The van der Waals surface area contributed by atoms with Gasteiger partial charge in [-0.05, 0) is 12.8 Å². The zero-order chi connectivity index (χ0) is 17.3. The van der Waals surface area contributed by atoms with Crippen LogP contribution in [0.2, 0.25) is 0 Å². The lowest BCUT2D eigenvalue weighted by molar-refractivity contribution is -0.724. The monoisotopic (exact) mass is 367 g/mol. The third-order valence-electron chi connectivity index (χ3n) is 5.19. The van der Waals surface area contributed by atoms with Crippen LogP contribution in [0.5, 0.6) is 0 Å². The Bertz CT molecular complexity index is 366. The van der Waals surface area contributed by atoms with Crippen molar-refractivity contribution in [2.75, 3.05) is 0 Å². The van der Waals surface area contributed by atoms with Crippen molar-refractivity contribution in [3.8, 4) is 0 Å². The van der Waals surface area contributed by atoms with Gasteiger partial charge in [-0.15, -0.1) is 0 Å². The summed E-state index contributed by atoms with van der Waals surface area (Å²) in [5.74, 6) is 0. The van der Waals surface area contributed by atoms with E-state index in [9.17, 15) is 0 Å². The van der Waals surface area contributed by atoms with Gasteiger partial charge in [-0.3, -0.25) is 0 Å². The molecule has 0 fully saturated rings. The van der Waals surface area contributed by atoms with Crippen LogP contribution in [0.15, 0.2) is 30.6 Å². The molecule has 0 aliphatic rings. The molecule has 1 rings (SSSR count). The number of aromatic nitrogens is 1. The van der Waals surface area contributed by atoms with Crippen molar-refractivity contribution >= 4 is 0 Å². The van der Waals surface area contributed by atoms with E-state index in [4.69, 9.17) is 0 Å². The molecule has 0 amide bonds. The van der Waals surface area contributed by atoms with Crippen LogP contribution in [0, 0.1) is 0 Å². The molecule has 1 atom stereocenters. The van der Waals surface area contributed by atoms with Crippen molar-refractivity contribution in [2.45, 2.75) is 116 Å². The van der Waals surface area contributed by atoms with Gasteiger partial charge >= 0.3 is 0 Å². The normalized spacial score (nSPS) is 11.9. The smallest absolute Gasteiger partial charge is 0.169 e. The zero-order valence-electron chi connectivity index (χ0n) is 16.9. The highest BCUT2D eigenvalue weighted by atomic mass is 35.5. The maximum Gasteiger partial charge on any atom is 0.169 e. The van der Waals surface area contributed by atoms with Crippen LogP contribution in [0.3, 0.4) is 0 Å². The molecule has 25 heavy (non-hydrogen) atoms. The first kappa shape index (κ1) is 24.4. The van der Waals surface area contributed by atoms with Gasteiger partial charge in [-0.25, -0.2) is 4.57 Å². The second kappa shape index (κ2) is 18.2. The summed E-state index contributed by atoms with van der Waals surface area (Å²) in [5.41, 5.74) is 0. The Morgan fingerprint density at radius 2 is 0.960 bits per heavy atom. The van der Waals surface area contributed by atoms with Crippen molar-refractivity contribution in [1.29, 1.82) is 0 Å². The van der Waals surface area contributed by atoms with Crippen molar-refractivity contribution < 1.29 is 17.0 Å². The van der Waals surface area contributed by atoms with Crippen LogP contribution >= 0.6 is 0 Å². The number of halogens is 1. The standard InChI is InChI=1S/C23H42N.ClH/c1-3-5-7-9-11-13-16-20-23(24-21-17-14-18-22-24)19-15-12-10-8-6-4-2;/h14,17-18,21-23H,3-13,15-16,19-20H2,1-2H3;1H/q+1;/p-1. The summed E-state index contributed by atoms with van der Waals surface area (Å²) in [6, 6.07) is 7.21. The van der Waals surface area contributed by atoms with E-state index < -0.39 is 0 Å². The number of pyridine rings is 1. The van der Waals surface area contributed by atoms with Gasteiger partial charge in [0.1, 0.15) is 0 Å². The highest BCUT2D eigenvalue weighted by molar-refractivity contribution is 4.84. The Balaban J connectivity index is 0.00000576. The molecule has 0 aliphatic heterocycles. The number of hydrogen-bond acceptors (Lipinski definition) is 0. The molecule has 0 saturated carbocycles. The third-order valence-corrected chi connectivity index (χ3v) is 5.19. The van der Waals surface area contributed by atoms with Crippen molar-refractivity contribution in [2.24, 2.45) is 0 Å². The van der Waals surface area contributed by atoms with Gasteiger partial charge in [0.2, 0.25) is 0 Å². The van der Waals surface area contributed by atoms with Crippen LogP contribution in [-0.4, -0.2) is 0 Å². The summed E-state index contributed by atoms with van der Waals surface area (Å²) in [6.07, 6.45) is 25.6. The first-order valence-electron chi connectivity index (χ1n) is 10.8. The Morgan fingerprint density at radius 3 is 1.40 bits per heavy atom. The second-order valence-electron chi connectivity index (χ2n) is 7.44. The van der Waals surface area contributed by atoms with E-state index in [2.05, 4.69) is 49.0 Å². The molecular formula is C23H42ClN. The predicted molar refractivity (Wildman–Crippen MR) is 106 cm³/mol. The molecular weight excluding hydrogens is 326 g/mol. The predicted octanol–water partition coefficient (Wildman–Crippen LogP) is 4.41. The highest BCUT2D eigenvalue weighted by Crippen LogP contribution is 2.19. The van der Waals surface area contributed by atoms with E-state index in [1.165, 1.54) is 96.3 Å². The molecule has 0 bridgehead atoms. The maximum atomic E-state index is 2.46. The summed E-state index contributed by atoms with van der Waals surface area (Å²) in [6.45, 7) is 4.59. The average Bonchev–Trinajstić information content (AvgIpc) is 2.62. The second-order valence-corrected chi connectivity index (χ2v) is 7.44. The van der Waals surface area contributed by atoms with Crippen LogP contribution in [0.1, 0.15) is 116 Å². The van der Waals surface area contributed by atoms with E-state index in [-0.39, 0.29) is 12.4 Å². The van der Waals surface area contributed by atoms with Crippen LogP contribution in [0.4, 0.5) is 0 Å². The highest BCUT2D eigenvalue weighted by Gasteiger charge is 2.16. The number of hydrogen-bond donors (Lipinski definition) is 0. The van der Waals surface area contributed by atoms with Gasteiger partial charge in [-0.1, -0.05) is 90.5 Å². The van der Waals surface area contributed by atoms with E-state index in [0.29, 0.717) is 6.04 Å². The Hall–Kier alpha value is -0.560. The average molecular weight is 368 g/mol. The number of rotatable bonds is 16. The third kappa shape index (κ3) is 13.3. The van der Waals surface area contributed by atoms with Crippen molar-refractivity contribution in [3.05, 3.63) is 30.6 Å². The molecule has 1 nitrogen and oxygen atoms in total. The van der Waals surface area contributed by atoms with Gasteiger partial charge < -0.3 is 12.4 Å². The molecule has 0 N–H and O–H groups in total. The van der Waals surface area contributed by atoms with Gasteiger partial charge in [0, 0.05) is 25.0 Å². The first-order valence-corrected chi connectivity index (χ1v) is 10.8. The van der Waals surface area contributed by atoms with Gasteiger partial charge in [0.05, 0.1) is 0 Å². The minimum absolute atomic E-state index is 0. The van der Waals surface area contributed by atoms with Gasteiger partial charge in [0.25, 0.3) is 0 Å². The fourth-order valence-electron chi connectivity index (χ4n) is 3.60. The minimum atomic E-state index is 0. The topological polar surface area (TPSA) is 3.88 Å². The molecule has 2 heteroatoms. The van der Waals surface area contributed by atoms with E-state index in [1.807, 2.05) is 0 Å². The summed E-state index contributed by atoms with van der Waals surface area (Å²) >= 11 is 0. The molecule has 0 saturated heterocycles. The van der Waals surface area contributed by atoms with Crippen LogP contribution in [0.25, 0.3) is 0 Å². The van der Waals surface area contributed by atoms with Crippen LogP contribution < -0.4 is 17.0 Å². The SMILES string of the molecule is CCCCCCCCCC(CCCCCCCC)[n+]1ccccc1.[Cl-]. The molecule has 1 heterocycles. The van der Waals surface area contributed by atoms with E-state index in [0.717, 1.165) is 0 Å². The summed E-state index contributed by atoms with van der Waals surface area (Å²) in [7, 11) is 0. The van der Waals surface area contributed by atoms with Crippen molar-refractivity contribution in [1.82, 2.24) is 0 Å². The zero-order valence-corrected chi connectivity index (χ0v) is 17.7. The molecule has 0 aromatic carbocycles. The molecule has 0 radical (unpaired) electrons.